The molecule has 0 saturated carbocycles. The van der Waals surface area contributed by atoms with E-state index in [1.54, 1.807) is 6.26 Å². The van der Waals surface area contributed by atoms with Gasteiger partial charge in [-0.3, -0.25) is 0 Å². The highest BCUT2D eigenvalue weighted by molar-refractivity contribution is 4.97. The molecule has 0 spiro atoms. The summed E-state index contributed by atoms with van der Waals surface area (Å²) in [6.07, 6.45) is 1.70. The molecule has 0 aromatic carbocycles. The normalized spacial score (nSPS) is 13.5. The minimum atomic E-state index is 0.486. The van der Waals surface area contributed by atoms with Crippen LogP contribution in [0.25, 0.3) is 0 Å². The van der Waals surface area contributed by atoms with Crippen LogP contribution < -0.4 is 5.32 Å². The van der Waals surface area contributed by atoms with Crippen LogP contribution in [0, 0.1) is 0 Å². The third-order valence-electron chi connectivity index (χ3n) is 1.84. The van der Waals surface area contributed by atoms with Gasteiger partial charge in [0.25, 0.3) is 0 Å². The maximum Gasteiger partial charge on any atom is 0.117 e. The quantitative estimate of drug-likeness (QED) is 0.744. The van der Waals surface area contributed by atoms with Crippen molar-refractivity contribution < 1.29 is 4.42 Å². The average molecular weight is 182 g/mol. The lowest BCUT2D eigenvalue weighted by atomic mass is 10.3. The second kappa shape index (κ2) is 5.04. The fourth-order valence-electron chi connectivity index (χ4n) is 1.30. The number of nitrogens with zero attached hydrogens (tertiary/aromatic N) is 1. The molecule has 1 atom stereocenters. The van der Waals surface area contributed by atoms with Gasteiger partial charge < -0.3 is 14.6 Å². The third-order valence-corrected chi connectivity index (χ3v) is 1.84. The highest BCUT2D eigenvalue weighted by Gasteiger charge is 2.03. The summed E-state index contributed by atoms with van der Waals surface area (Å²) in [6.45, 7) is 4.02. The predicted molar refractivity (Wildman–Crippen MR) is 53.6 cm³/mol. The molecule has 0 aliphatic heterocycles. The summed E-state index contributed by atoms with van der Waals surface area (Å²) < 4.78 is 5.21. The van der Waals surface area contributed by atoms with Crippen LogP contribution in [0.3, 0.4) is 0 Å². The molecule has 1 aromatic rings. The lowest BCUT2D eigenvalue weighted by Gasteiger charge is -2.17. The number of rotatable bonds is 5. The zero-order chi connectivity index (χ0) is 9.68. The first-order chi connectivity index (χ1) is 6.18. The summed E-state index contributed by atoms with van der Waals surface area (Å²) >= 11 is 0. The summed E-state index contributed by atoms with van der Waals surface area (Å²) in [6, 6.07) is 4.38. The molecule has 0 saturated heterocycles. The summed E-state index contributed by atoms with van der Waals surface area (Å²) in [4.78, 5) is 2.17. The zero-order valence-electron chi connectivity index (χ0n) is 8.58. The van der Waals surface area contributed by atoms with Gasteiger partial charge in [0.1, 0.15) is 5.76 Å². The SMILES string of the molecule is CC(CN(C)C)NCc1ccco1. The van der Waals surface area contributed by atoms with Gasteiger partial charge in [-0.2, -0.15) is 0 Å². The molecular weight excluding hydrogens is 164 g/mol. The van der Waals surface area contributed by atoms with E-state index in [4.69, 9.17) is 4.42 Å². The maximum atomic E-state index is 5.21. The van der Waals surface area contributed by atoms with E-state index in [1.165, 1.54) is 0 Å². The van der Waals surface area contributed by atoms with Crippen molar-refractivity contribution >= 4 is 0 Å². The van der Waals surface area contributed by atoms with E-state index in [1.807, 2.05) is 12.1 Å². The standard InChI is InChI=1S/C10H18N2O/c1-9(8-12(2)3)11-7-10-5-4-6-13-10/h4-6,9,11H,7-8H2,1-3H3. The van der Waals surface area contributed by atoms with Crippen LogP contribution in [-0.4, -0.2) is 31.6 Å². The summed E-state index contributed by atoms with van der Waals surface area (Å²) in [7, 11) is 4.15. The Labute approximate surface area is 79.7 Å². The Kier molecular flexibility index (Phi) is 3.99. The second-order valence-corrected chi connectivity index (χ2v) is 3.62. The van der Waals surface area contributed by atoms with Crippen LogP contribution in [0.2, 0.25) is 0 Å². The number of likely N-dealkylation sites (N-methyl/N-ethyl adjacent to an activating group) is 1. The first-order valence-corrected chi connectivity index (χ1v) is 4.59. The number of hydrogen-bond donors (Lipinski definition) is 1. The smallest absolute Gasteiger partial charge is 0.117 e. The highest BCUT2D eigenvalue weighted by atomic mass is 16.3. The van der Waals surface area contributed by atoms with Gasteiger partial charge in [-0.15, -0.1) is 0 Å². The third kappa shape index (κ3) is 4.10. The fraction of sp³-hybridized carbons (Fsp3) is 0.600. The van der Waals surface area contributed by atoms with Crippen LogP contribution >= 0.6 is 0 Å². The Hall–Kier alpha value is -0.800. The van der Waals surface area contributed by atoms with Crippen LogP contribution in [0.4, 0.5) is 0 Å². The van der Waals surface area contributed by atoms with Crippen molar-refractivity contribution in [1.29, 1.82) is 0 Å². The highest BCUT2D eigenvalue weighted by Crippen LogP contribution is 1.99. The molecule has 0 aliphatic carbocycles. The Morgan fingerprint density at radius 3 is 2.85 bits per heavy atom. The molecule has 1 rings (SSSR count). The molecular formula is C10H18N2O. The number of furan rings is 1. The van der Waals surface area contributed by atoms with Gasteiger partial charge in [-0.05, 0) is 33.2 Å². The number of nitrogens with one attached hydrogen (secondary N) is 1. The molecule has 74 valence electrons. The second-order valence-electron chi connectivity index (χ2n) is 3.62. The van der Waals surface area contributed by atoms with Crippen LogP contribution in [0.1, 0.15) is 12.7 Å². The van der Waals surface area contributed by atoms with Crippen LogP contribution in [0.5, 0.6) is 0 Å². The summed E-state index contributed by atoms with van der Waals surface area (Å²) in [5.41, 5.74) is 0. The Bertz CT molecular complexity index is 219. The van der Waals surface area contributed by atoms with E-state index in [0.717, 1.165) is 18.8 Å². The van der Waals surface area contributed by atoms with E-state index in [2.05, 4.69) is 31.2 Å². The Morgan fingerprint density at radius 2 is 2.31 bits per heavy atom. The van der Waals surface area contributed by atoms with Crippen molar-refractivity contribution in [2.45, 2.75) is 19.5 Å². The van der Waals surface area contributed by atoms with E-state index in [9.17, 15) is 0 Å². The van der Waals surface area contributed by atoms with Gasteiger partial charge in [0.05, 0.1) is 12.8 Å². The lowest BCUT2D eigenvalue weighted by Crippen LogP contribution is -2.35. The first-order valence-electron chi connectivity index (χ1n) is 4.59. The molecule has 3 nitrogen and oxygen atoms in total. The summed E-state index contributed by atoms with van der Waals surface area (Å²) in [5, 5.41) is 3.38. The van der Waals surface area contributed by atoms with E-state index < -0.39 is 0 Å². The Morgan fingerprint density at radius 1 is 1.54 bits per heavy atom. The van der Waals surface area contributed by atoms with Gasteiger partial charge in [-0.25, -0.2) is 0 Å². The molecule has 1 unspecified atom stereocenters. The maximum absolute atomic E-state index is 5.21. The van der Waals surface area contributed by atoms with E-state index >= 15 is 0 Å². The van der Waals surface area contributed by atoms with Gasteiger partial charge >= 0.3 is 0 Å². The van der Waals surface area contributed by atoms with Crippen LogP contribution in [-0.2, 0) is 6.54 Å². The van der Waals surface area contributed by atoms with Gasteiger partial charge in [0.15, 0.2) is 0 Å². The van der Waals surface area contributed by atoms with Crippen molar-refractivity contribution in [1.82, 2.24) is 10.2 Å². The molecule has 0 bridgehead atoms. The average Bonchev–Trinajstić information content (AvgIpc) is 2.51. The zero-order valence-corrected chi connectivity index (χ0v) is 8.58. The molecule has 0 fully saturated rings. The van der Waals surface area contributed by atoms with Crippen molar-refractivity contribution in [3.8, 4) is 0 Å². The van der Waals surface area contributed by atoms with E-state index in [0.29, 0.717) is 6.04 Å². The van der Waals surface area contributed by atoms with Crippen molar-refractivity contribution in [3.63, 3.8) is 0 Å². The molecule has 0 radical (unpaired) electrons. The molecule has 0 aliphatic rings. The fourth-order valence-corrected chi connectivity index (χ4v) is 1.30. The van der Waals surface area contributed by atoms with Crippen molar-refractivity contribution in [2.75, 3.05) is 20.6 Å². The molecule has 0 amide bonds. The molecule has 1 heterocycles. The molecule has 1 aromatic heterocycles. The Balaban J connectivity index is 2.19. The molecule has 1 N–H and O–H groups in total. The van der Waals surface area contributed by atoms with Gasteiger partial charge in [0.2, 0.25) is 0 Å². The van der Waals surface area contributed by atoms with E-state index in [-0.39, 0.29) is 0 Å². The summed E-state index contributed by atoms with van der Waals surface area (Å²) in [5.74, 6) is 0.991. The minimum absolute atomic E-state index is 0.486. The molecule has 13 heavy (non-hydrogen) atoms. The van der Waals surface area contributed by atoms with Gasteiger partial charge in [0, 0.05) is 12.6 Å². The predicted octanol–water partition coefficient (Wildman–Crippen LogP) is 1.32. The molecule has 3 heteroatoms. The topological polar surface area (TPSA) is 28.4 Å². The van der Waals surface area contributed by atoms with Crippen molar-refractivity contribution in [3.05, 3.63) is 24.2 Å². The lowest BCUT2D eigenvalue weighted by molar-refractivity contribution is 0.341. The number of hydrogen-bond acceptors (Lipinski definition) is 3. The monoisotopic (exact) mass is 182 g/mol. The van der Waals surface area contributed by atoms with Crippen LogP contribution in [0.15, 0.2) is 22.8 Å². The first kappa shape index (κ1) is 10.3. The van der Waals surface area contributed by atoms with Crippen molar-refractivity contribution in [2.24, 2.45) is 0 Å². The largest absolute Gasteiger partial charge is 0.468 e. The van der Waals surface area contributed by atoms with Gasteiger partial charge in [-0.1, -0.05) is 0 Å². The minimum Gasteiger partial charge on any atom is -0.468 e.